The summed E-state index contributed by atoms with van der Waals surface area (Å²) >= 11 is 0. The Balaban J connectivity index is 1.69. The minimum Gasteiger partial charge on any atom is -0.383 e. The summed E-state index contributed by atoms with van der Waals surface area (Å²) in [6.45, 7) is 7.65. The summed E-state index contributed by atoms with van der Waals surface area (Å²) in [6, 6.07) is 9.29. The highest BCUT2D eigenvalue weighted by Gasteiger charge is 2.26. The second kappa shape index (κ2) is 8.37. The number of carbonyl (C=O) groups is 1. The Hall–Kier alpha value is -3.43. The predicted octanol–water partition coefficient (Wildman–Crippen LogP) is 4.08. The van der Waals surface area contributed by atoms with Crippen LogP contribution in [0.25, 0.3) is 10.9 Å². The van der Waals surface area contributed by atoms with Gasteiger partial charge in [0, 0.05) is 34.8 Å². The number of hydrogen-bond acceptors (Lipinski definition) is 5. The van der Waals surface area contributed by atoms with Gasteiger partial charge in [-0.1, -0.05) is 19.8 Å². The molecule has 1 amide bonds. The first-order valence-electron chi connectivity index (χ1n) is 10.4. The largest absolute Gasteiger partial charge is 0.383 e. The van der Waals surface area contributed by atoms with E-state index in [1.807, 2.05) is 42.2 Å². The highest BCUT2D eigenvalue weighted by atomic mass is 16.5. The van der Waals surface area contributed by atoms with Gasteiger partial charge in [0.15, 0.2) is 0 Å². The quantitative estimate of drug-likeness (QED) is 0.636. The molecule has 0 spiro atoms. The number of hydrogen-bond donors (Lipinski definition) is 1. The van der Waals surface area contributed by atoms with Gasteiger partial charge in [0.05, 0.1) is 30.5 Å². The molecular formula is C25H26N4O2. The van der Waals surface area contributed by atoms with E-state index in [4.69, 9.17) is 16.9 Å². The molecule has 1 aromatic carbocycles. The summed E-state index contributed by atoms with van der Waals surface area (Å²) < 4.78 is 5.77. The summed E-state index contributed by atoms with van der Waals surface area (Å²) in [6.07, 6.45) is 6.98. The number of ether oxygens (including phenoxy) is 1. The Labute approximate surface area is 182 Å². The van der Waals surface area contributed by atoms with Crippen LogP contribution in [0.3, 0.4) is 0 Å². The standard InChI is InChI=1S/C25H26N4O2/c1-5-17-6-8-19(27-11-17)13-29(12-15(2)3)25(30)18-7-9-22-20(10-18)21-14-31-16(4)23(21)24(26)28-22/h1,6-11,15-16H,12-14H2,2-4H3,(H2,26,28). The van der Waals surface area contributed by atoms with Crippen LogP contribution in [-0.2, 0) is 17.9 Å². The van der Waals surface area contributed by atoms with Crippen LogP contribution in [-0.4, -0.2) is 27.3 Å². The molecule has 6 nitrogen and oxygen atoms in total. The van der Waals surface area contributed by atoms with Gasteiger partial charge in [0.1, 0.15) is 5.82 Å². The number of anilines is 1. The number of nitrogens with two attached hydrogens (primary N) is 1. The predicted molar refractivity (Wildman–Crippen MR) is 121 cm³/mol. The summed E-state index contributed by atoms with van der Waals surface area (Å²) in [5.74, 6) is 3.33. The molecule has 0 fully saturated rings. The molecule has 0 radical (unpaired) electrons. The van der Waals surface area contributed by atoms with E-state index in [-0.39, 0.29) is 12.0 Å². The number of pyridine rings is 2. The summed E-state index contributed by atoms with van der Waals surface area (Å²) in [5, 5.41) is 0.917. The highest BCUT2D eigenvalue weighted by molar-refractivity contribution is 5.99. The number of rotatable bonds is 5. The van der Waals surface area contributed by atoms with Crippen molar-refractivity contribution in [3.8, 4) is 12.3 Å². The molecule has 3 heterocycles. The normalized spacial score (nSPS) is 15.1. The number of benzene rings is 1. The second-order valence-electron chi connectivity index (χ2n) is 8.34. The van der Waals surface area contributed by atoms with Crippen molar-refractivity contribution in [2.75, 3.05) is 12.3 Å². The summed E-state index contributed by atoms with van der Waals surface area (Å²) in [4.78, 5) is 24.2. The first-order chi connectivity index (χ1) is 14.9. The van der Waals surface area contributed by atoms with Crippen LogP contribution in [0.2, 0.25) is 0 Å². The molecule has 1 aliphatic heterocycles. The highest BCUT2D eigenvalue weighted by Crippen LogP contribution is 2.38. The Morgan fingerprint density at radius 1 is 1.35 bits per heavy atom. The van der Waals surface area contributed by atoms with E-state index < -0.39 is 0 Å². The second-order valence-corrected chi connectivity index (χ2v) is 8.34. The average Bonchev–Trinajstić information content (AvgIpc) is 3.15. The molecule has 4 rings (SSSR count). The van der Waals surface area contributed by atoms with Crippen molar-refractivity contribution in [3.05, 3.63) is 64.5 Å². The summed E-state index contributed by atoms with van der Waals surface area (Å²) in [5.41, 5.74) is 11.0. The summed E-state index contributed by atoms with van der Waals surface area (Å²) in [7, 11) is 0. The molecule has 0 saturated heterocycles. The third-order valence-electron chi connectivity index (χ3n) is 5.51. The van der Waals surface area contributed by atoms with Crippen molar-refractivity contribution in [3.63, 3.8) is 0 Å². The molecule has 1 unspecified atom stereocenters. The number of aromatic nitrogens is 2. The molecule has 2 aromatic heterocycles. The minimum absolute atomic E-state index is 0.0454. The van der Waals surface area contributed by atoms with Gasteiger partial charge in [-0.05, 0) is 48.7 Å². The lowest BCUT2D eigenvalue weighted by atomic mass is 10.00. The van der Waals surface area contributed by atoms with Crippen molar-refractivity contribution in [2.24, 2.45) is 5.92 Å². The van der Waals surface area contributed by atoms with E-state index in [9.17, 15) is 4.79 Å². The molecule has 1 aliphatic rings. The molecule has 0 bridgehead atoms. The van der Waals surface area contributed by atoms with Crippen LogP contribution in [0, 0.1) is 18.3 Å². The monoisotopic (exact) mass is 414 g/mol. The fraction of sp³-hybridized carbons (Fsp3) is 0.320. The topological polar surface area (TPSA) is 81.3 Å². The van der Waals surface area contributed by atoms with E-state index in [2.05, 4.69) is 29.7 Å². The number of nitrogen functional groups attached to an aromatic ring is 1. The molecule has 2 N–H and O–H groups in total. The number of fused-ring (bicyclic) bond motifs is 3. The molecule has 1 atom stereocenters. The maximum absolute atomic E-state index is 13.5. The zero-order valence-electron chi connectivity index (χ0n) is 18.1. The van der Waals surface area contributed by atoms with Crippen LogP contribution in [0.5, 0.6) is 0 Å². The lowest BCUT2D eigenvalue weighted by molar-refractivity contribution is 0.0720. The lowest BCUT2D eigenvalue weighted by Crippen LogP contribution is -2.34. The first-order valence-corrected chi connectivity index (χ1v) is 10.4. The van der Waals surface area contributed by atoms with E-state index >= 15 is 0 Å². The van der Waals surface area contributed by atoms with Crippen LogP contribution >= 0.6 is 0 Å². The van der Waals surface area contributed by atoms with E-state index in [1.165, 1.54) is 0 Å². The SMILES string of the molecule is C#Cc1ccc(CN(CC(C)C)C(=O)c2ccc3nc(N)c4c(c3c2)COC4C)nc1. The Morgan fingerprint density at radius 3 is 2.84 bits per heavy atom. The van der Waals surface area contributed by atoms with Crippen LogP contribution in [0.1, 0.15) is 59.6 Å². The number of terminal acetylenes is 1. The fourth-order valence-electron chi connectivity index (χ4n) is 4.04. The third-order valence-corrected chi connectivity index (χ3v) is 5.51. The van der Waals surface area contributed by atoms with Gasteiger partial charge in [0.2, 0.25) is 0 Å². The Morgan fingerprint density at radius 2 is 2.16 bits per heavy atom. The number of carbonyl (C=O) groups excluding carboxylic acids is 1. The van der Waals surface area contributed by atoms with E-state index in [0.717, 1.165) is 33.3 Å². The van der Waals surface area contributed by atoms with Gasteiger partial charge in [-0.15, -0.1) is 6.42 Å². The number of nitrogens with zero attached hydrogens (tertiary/aromatic N) is 3. The lowest BCUT2D eigenvalue weighted by Gasteiger charge is -2.24. The van der Waals surface area contributed by atoms with Gasteiger partial charge < -0.3 is 15.4 Å². The Bertz CT molecular complexity index is 1180. The molecule has 6 heteroatoms. The van der Waals surface area contributed by atoms with Crippen LogP contribution < -0.4 is 5.73 Å². The average molecular weight is 415 g/mol. The first kappa shape index (κ1) is 20.8. The van der Waals surface area contributed by atoms with Gasteiger partial charge >= 0.3 is 0 Å². The van der Waals surface area contributed by atoms with Crippen molar-refractivity contribution < 1.29 is 9.53 Å². The van der Waals surface area contributed by atoms with Crippen molar-refractivity contribution >= 4 is 22.6 Å². The van der Waals surface area contributed by atoms with Crippen molar-refractivity contribution in [2.45, 2.75) is 40.0 Å². The smallest absolute Gasteiger partial charge is 0.254 e. The van der Waals surface area contributed by atoms with E-state index in [0.29, 0.717) is 37.0 Å². The minimum atomic E-state index is -0.0965. The van der Waals surface area contributed by atoms with Crippen LogP contribution in [0.4, 0.5) is 5.82 Å². The van der Waals surface area contributed by atoms with Gasteiger partial charge in [-0.3, -0.25) is 9.78 Å². The maximum Gasteiger partial charge on any atom is 0.254 e. The molecule has 158 valence electrons. The van der Waals surface area contributed by atoms with E-state index in [1.54, 1.807) is 6.20 Å². The van der Waals surface area contributed by atoms with Gasteiger partial charge in [-0.25, -0.2) is 4.98 Å². The van der Waals surface area contributed by atoms with Crippen molar-refractivity contribution in [1.29, 1.82) is 0 Å². The maximum atomic E-state index is 13.5. The number of amides is 1. The van der Waals surface area contributed by atoms with Crippen molar-refractivity contribution in [1.82, 2.24) is 14.9 Å². The Kier molecular flexibility index (Phi) is 5.62. The molecular weight excluding hydrogens is 388 g/mol. The third kappa shape index (κ3) is 4.10. The molecule has 0 saturated carbocycles. The zero-order chi connectivity index (χ0) is 22.1. The molecule has 3 aromatic rings. The fourth-order valence-corrected chi connectivity index (χ4v) is 4.04. The zero-order valence-corrected chi connectivity index (χ0v) is 18.1. The van der Waals surface area contributed by atoms with Gasteiger partial charge in [-0.2, -0.15) is 0 Å². The molecule has 0 aliphatic carbocycles. The molecule has 31 heavy (non-hydrogen) atoms. The van der Waals surface area contributed by atoms with Gasteiger partial charge in [0.25, 0.3) is 5.91 Å². The van der Waals surface area contributed by atoms with Crippen LogP contribution in [0.15, 0.2) is 36.5 Å².